The summed E-state index contributed by atoms with van der Waals surface area (Å²) in [7, 11) is 0. The first kappa shape index (κ1) is 14.1. The average Bonchev–Trinajstić information content (AvgIpc) is 2.27. The van der Waals surface area contributed by atoms with Crippen molar-refractivity contribution in [3.05, 3.63) is 35.1 Å². The molecule has 4 N–H and O–H groups in total. The van der Waals surface area contributed by atoms with E-state index in [0.717, 1.165) is 6.07 Å². The van der Waals surface area contributed by atoms with E-state index < -0.39 is 23.2 Å². The summed E-state index contributed by atoms with van der Waals surface area (Å²) in [5, 5.41) is 11.6. The molecule has 0 saturated carbocycles. The van der Waals surface area contributed by atoms with E-state index in [1.807, 2.05) is 0 Å². The van der Waals surface area contributed by atoms with Crippen LogP contribution in [-0.4, -0.2) is 22.5 Å². The molecule has 1 rings (SSSR count). The lowest BCUT2D eigenvalue weighted by atomic mass is 10.0. The van der Waals surface area contributed by atoms with E-state index in [1.54, 1.807) is 0 Å². The maximum absolute atomic E-state index is 13.5. The van der Waals surface area contributed by atoms with Crippen molar-refractivity contribution in [3.63, 3.8) is 0 Å². The van der Waals surface area contributed by atoms with E-state index >= 15 is 0 Å². The standard InChI is InChI=1S/C12H15FN2O3/c1-12(2,11(17)18)15-6-8-5-7(10(14)16)3-4-9(8)13/h3-5,15H,6H2,1-2H3,(H2,14,16)(H,17,18). The fourth-order valence-corrected chi connectivity index (χ4v) is 1.26. The largest absolute Gasteiger partial charge is 0.480 e. The lowest BCUT2D eigenvalue weighted by Gasteiger charge is -2.21. The number of primary amides is 1. The van der Waals surface area contributed by atoms with Gasteiger partial charge in [0.15, 0.2) is 0 Å². The van der Waals surface area contributed by atoms with Crippen LogP contribution >= 0.6 is 0 Å². The predicted octanol–water partition coefficient (Wildman–Crippen LogP) is 0.877. The Morgan fingerprint density at radius 2 is 2.06 bits per heavy atom. The van der Waals surface area contributed by atoms with Crippen molar-refractivity contribution in [2.75, 3.05) is 0 Å². The quantitative estimate of drug-likeness (QED) is 0.727. The number of halogens is 1. The fourth-order valence-electron chi connectivity index (χ4n) is 1.26. The van der Waals surface area contributed by atoms with Gasteiger partial charge in [-0.25, -0.2) is 4.39 Å². The van der Waals surface area contributed by atoms with Crippen LogP contribution in [0.5, 0.6) is 0 Å². The van der Waals surface area contributed by atoms with Crippen LogP contribution in [0.2, 0.25) is 0 Å². The first-order chi connectivity index (χ1) is 8.24. The van der Waals surface area contributed by atoms with Gasteiger partial charge in [-0.15, -0.1) is 0 Å². The molecule has 18 heavy (non-hydrogen) atoms. The second-order valence-corrected chi connectivity index (χ2v) is 4.45. The van der Waals surface area contributed by atoms with E-state index in [2.05, 4.69) is 5.32 Å². The fraction of sp³-hybridized carbons (Fsp3) is 0.333. The molecule has 6 heteroatoms. The monoisotopic (exact) mass is 254 g/mol. The molecule has 0 spiro atoms. The third kappa shape index (κ3) is 3.27. The molecule has 0 atom stereocenters. The van der Waals surface area contributed by atoms with Crippen molar-refractivity contribution in [1.82, 2.24) is 5.32 Å². The first-order valence-electron chi connectivity index (χ1n) is 5.30. The van der Waals surface area contributed by atoms with Crippen molar-refractivity contribution >= 4 is 11.9 Å². The zero-order valence-corrected chi connectivity index (χ0v) is 10.2. The number of amides is 1. The lowest BCUT2D eigenvalue weighted by molar-refractivity contribution is -0.143. The molecule has 0 aromatic heterocycles. The van der Waals surface area contributed by atoms with Crippen molar-refractivity contribution in [2.24, 2.45) is 5.73 Å². The van der Waals surface area contributed by atoms with Crippen LogP contribution in [0.15, 0.2) is 18.2 Å². The zero-order chi connectivity index (χ0) is 13.9. The molecule has 0 radical (unpaired) electrons. The minimum atomic E-state index is -1.19. The van der Waals surface area contributed by atoms with Gasteiger partial charge >= 0.3 is 5.97 Å². The molecule has 1 amide bonds. The Kier molecular flexibility index (Phi) is 4.03. The van der Waals surface area contributed by atoms with Crippen LogP contribution in [0, 0.1) is 5.82 Å². The van der Waals surface area contributed by atoms with E-state index in [1.165, 1.54) is 26.0 Å². The highest BCUT2D eigenvalue weighted by atomic mass is 19.1. The van der Waals surface area contributed by atoms with Crippen molar-refractivity contribution < 1.29 is 19.1 Å². The molecule has 1 aromatic rings. The maximum Gasteiger partial charge on any atom is 0.323 e. The Morgan fingerprint density at radius 3 is 2.56 bits per heavy atom. The van der Waals surface area contributed by atoms with Gasteiger partial charge in [-0.1, -0.05) is 0 Å². The van der Waals surface area contributed by atoms with E-state index in [9.17, 15) is 14.0 Å². The summed E-state index contributed by atoms with van der Waals surface area (Å²) < 4.78 is 13.5. The minimum Gasteiger partial charge on any atom is -0.480 e. The molecule has 0 aliphatic heterocycles. The van der Waals surface area contributed by atoms with E-state index in [4.69, 9.17) is 10.8 Å². The Balaban J connectivity index is 2.88. The van der Waals surface area contributed by atoms with Gasteiger partial charge in [-0.05, 0) is 32.0 Å². The Labute approximate surface area is 104 Å². The van der Waals surface area contributed by atoms with Crippen LogP contribution in [0.4, 0.5) is 4.39 Å². The number of benzene rings is 1. The Bertz CT molecular complexity index is 486. The SMILES string of the molecule is CC(C)(NCc1cc(C(N)=O)ccc1F)C(=O)O. The van der Waals surface area contributed by atoms with Gasteiger partial charge in [0, 0.05) is 17.7 Å². The van der Waals surface area contributed by atoms with Crippen LogP contribution in [0.3, 0.4) is 0 Å². The van der Waals surface area contributed by atoms with Crippen LogP contribution in [0.25, 0.3) is 0 Å². The smallest absolute Gasteiger partial charge is 0.323 e. The molecule has 98 valence electrons. The number of carbonyl (C=O) groups excluding carboxylic acids is 1. The number of nitrogens with two attached hydrogens (primary N) is 1. The van der Waals surface area contributed by atoms with Crippen LogP contribution < -0.4 is 11.1 Å². The Morgan fingerprint density at radius 1 is 1.44 bits per heavy atom. The highest BCUT2D eigenvalue weighted by Gasteiger charge is 2.26. The topological polar surface area (TPSA) is 92.4 Å². The first-order valence-corrected chi connectivity index (χ1v) is 5.30. The molecule has 0 unspecified atom stereocenters. The number of hydrogen-bond acceptors (Lipinski definition) is 3. The summed E-state index contributed by atoms with van der Waals surface area (Å²) in [6.45, 7) is 2.92. The molecule has 0 fully saturated rings. The molecule has 0 saturated heterocycles. The highest BCUT2D eigenvalue weighted by Crippen LogP contribution is 2.12. The van der Waals surface area contributed by atoms with E-state index in [-0.39, 0.29) is 17.7 Å². The van der Waals surface area contributed by atoms with Gasteiger partial charge < -0.3 is 10.8 Å². The number of aliphatic carboxylic acids is 1. The van der Waals surface area contributed by atoms with Crippen molar-refractivity contribution in [3.8, 4) is 0 Å². The molecule has 0 aliphatic carbocycles. The Hall–Kier alpha value is -1.95. The highest BCUT2D eigenvalue weighted by molar-refractivity contribution is 5.92. The third-order valence-corrected chi connectivity index (χ3v) is 2.59. The molecule has 5 nitrogen and oxygen atoms in total. The zero-order valence-electron chi connectivity index (χ0n) is 10.2. The van der Waals surface area contributed by atoms with Gasteiger partial charge in [0.2, 0.25) is 5.91 Å². The van der Waals surface area contributed by atoms with Gasteiger partial charge in [-0.3, -0.25) is 14.9 Å². The number of carboxylic acid groups (broad SMARTS) is 1. The minimum absolute atomic E-state index is 0.00769. The normalized spacial score (nSPS) is 11.3. The summed E-state index contributed by atoms with van der Waals surface area (Å²) in [5.74, 6) is -2.23. The second-order valence-electron chi connectivity index (χ2n) is 4.45. The van der Waals surface area contributed by atoms with Gasteiger partial charge in [-0.2, -0.15) is 0 Å². The third-order valence-electron chi connectivity index (χ3n) is 2.59. The summed E-state index contributed by atoms with van der Waals surface area (Å²) >= 11 is 0. The average molecular weight is 254 g/mol. The van der Waals surface area contributed by atoms with Crippen molar-refractivity contribution in [2.45, 2.75) is 25.9 Å². The lowest BCUT2D eigenvalue weighted by Crippen LogP contribution is -2.46. The van der Waals surface area contributed by atoms with Crippen LogP contribution in [-0.2, 0) is 11.3 Å². The van der Waals surface area contributed by atoms with Gasteiger partial charge in [0.1, 0.15) is 11.4 Å². The maximum atomic E-state index is 13.5. The van der Waals surface area contributed by atoms with Gasteiger partial charge in [0.05, 0.1) is 0 Å². The molecular weight excluding hydrogens is 239 g/mol. The molecule has 0 bridgehead atoms. The molecule has 0 heterocycles. The van der Waals surface area contributed by atoms with Crippen LogP contribution in [0.1, 0.15) is 29.8 Å². The summed E-state index contributed by atoms with van der Waals surface area (Å²) in [6, 6.07) is 3.72. The van der Waals surface area contributed by atoms with Gasteiger partial charge in [0.25, 0.3) is 0 Å². The number of carboxylic acids is 1. The summed E-state index contributed by atoms with van der Waals surface area (Å²) in [4.78, 5) is 21.8. The number of hydrogen-bond donors (Lipinski definition) is 3. The summed E-state index contributed by atoms with van der Waals surface area (Å²) in [5.41, 5.74) is 4.28. The van der Waals surface area contributed by atoms with Crippen molar-refractivity contribution in [1.29, 1.82) is 0 Å². The number of rotatable bonds is 5. The number of nitrogens with one attached hydrogen (secondary N) is 1. The molecular formula is C12H15FN2O3. The molecule has 0 aliphatic rings. The number of carbonyl (C=O) groups is 2. The molecule has 1 aromatic carbocycles. The second kappa shape index (κ2) is 5.14. The summed E-state index contributed by atoms with van der Waals surface area (Å²) in [6.07, 6.45) is 0. The predicted molar refractivity (Wildman–Crippen MR) is 63.5 cm³/mol. The van der Waals surface area contributed by atoms with E-state index in [0.29, 0.717) is 0 Å².